The minimum atomic E-state index is 0.431. The van der Waals surface area contributed by atoms with Gasteiger partial charge in [-0.25, -0.2) is 9.97 Å². The maximum absolute atomic E-state index is 5.50. The van der Waals surface area contributed by atoms with E-state index >= 15 is 0 Å². The lowest BCUT2D eigenvalue weighted by Gasteiger charge is -2.36. The predicted octanol–water partition coefficient (Wildman–Crippen LogP) is 3.59. The second-order valence-corrected chi connectivity index (χ2v) is 8.22. The van der Waals surface area contributed by atoms with Crippen molar-refractivity contribution in [3.63, 3.8) is 0 Å². The zero-order valence-electron chi connectivity index (χ0n) is 15.4. The number of hydrogen-bond acceptors (Lipinski definition) is 7. The zero-order chi connectivity index (χ0) is 17.8. The lowest BCUT2D eigenvalue weighted by atomic mass is 9.92. The Morgan fingerprint density at radius 1 is 1.23 bits per heavy atom. The number of likely N-dealkylation sites (tertiary alicyclic amines) is 1. The topological polar surface area (TPSA) is 63.2 Å². The maximum Gasteiger partial charge on any atom is 0.188 e. The molecule has 2 aromatic heterocycles. The third kappa shape index (κ3) is 4.39. The molecule has 6 nitrogen and oxygen atoms in total. The van der Waals surface area contributed by atoms with Gasteiger partial charge >= 0.3 is 0 Å². The lowest BCUT2D eigenvalue weighted by Crippen LogP contribution is -2.39. The van der Waals surface area contributed by atoms with E-state index < -0.39 is 0 Å². The average molecular weight is 374 g/mol. The minimum Gasteiger partial charge on any atom is -0.381 e. The second kappa shape index (κ2) is 8.41. The monoisotopic (exact) mass is 373 g/mol. The summed E-state index contributed by atoms with van der Waals surface area (Å²) in [6.07, 6.45) is 8.36. The number of rotatable bonds is 5. The van der Waals surface area contributed by atoms with Crippen LogP contribution in [0.15, 0.2) is 17.8 Å². The van der Waals surface area contributed by atoms with Gasteiger partial charge in [0.15, 0.2) is 10.9 Å². The van der Waals surface area contributed by atoms with E-state index in [1.807, 2.05) is 13.1 Å². The average Bonchev–Trinajstić information content (AvgIpc) is 3.08. The van der Waals surface area contributed by atoms with Gasteiger partial charge in [-0.2, -0.15) is 0 Å². The number of piperidine rings is 1. The summed E-state index contributed by atoms with van der Waals surface area (Å²) >= 11 is 1.61. The Hall–Kier alpha value is -1.57. The Kier molecular flexibility index (Phi) is 5.77. The first-order valence-electron chi connectivity index (χ1n) is 9.58. The summed E-state index contributed by atoms with van der Waals surface area (Å²) in [5, 5.41) is 6.32. The van der Waals surface area contributed by atoms with E-state index in [9.17, 15) is 0 Å². The van der Waals surface area contributed by atoms with Crippen LogP contribution in [0.2, 0.25) is 0 Å². The molecule has 1 atom stereocenters. The van der Waals surface area contributed by atoms with Crippen LogP contribution in [0.3, 0.4) is 0 Å². The van der Waals surface area contributed by atoms with Crippen molar-refractivity contribution < 1.29 is 4.74 Å². The van der Waals surface area contributed by atoms with Crippen molar-refractivity contribution >= 4 is 22.3 Å². The third-order valence-electron chi connectivity index (χ3n) is 5.32. The highest BCUT2D eigenvalue weighted by atomic mass is 32.1. The molecule has 0 radical (unpaired) electrons. The molecule has 2 aliphatic heterocycles. The van der Waals surface area contributed by atoms with Gasteiger partial charge in [0.05, 0.1) is 11.4 Å². The van der Waals surface area contributed by atoms with Gasteiger partial charge in [0.2, 0.25) is 0 Å². The van der Waals surface area contributed by atoms with E-state index in [4.69, 9.17) is 9.72 Å². The van der Waals surface area contributed by atoms with Crippen molar-refractivity contribution in [2.45, 2.75) is 38.5 Å². The molecule has 0 aromatic carbocycles. The van der Waals surface area contributed by atoms with E-state index in [1.54, 1.807) is 17.5 Å². The molecule has 2 aliphatic rings. The van der Waals surface area contributed by atoms with Gasteiger partial charge in [0.1, 0.15) is 0 Å². The molecular weight excluding hydrogens is 346 g/mol. The first-order valence-corrected chi connectivity index (χ1v) is 10.5. The van der Waals surface area contributed by atoms with E-state index in [-0.39, 0.29) is 0 Å². The molecule has 4 rings (SSSR count). The summed E-state index contributed by atoms with van der Waals surface area (Å²) in [4.78, 5) is 16.4. The molecule has 7 heteroatoms. The Morgan fingerprint density at radius 2 is 2.08 bits per heavy atom. The number of aryl methyl sites for hydroxylation is 1. The van der Waals surface area contributed by atoms with Crippen molar-refractivity contribution in [3.8, 4) is 0 Å². The number of aromatic nitrogens is 3. The molecule has 4 heterocycles. The maximum atomic E-state index is 5.50. The summed E-state index contributed by atoms with van der Waals surface area (Å²) in [6, 6.07) is 0. The normalized spacial score (nSPS) is 22.4. The molecule has 0 amide bonds. The predicted molar refractivity (Wildman–Crippen MR) is 104 cm³/mol. The van der Waals surface area contributed by atoms with Crippen molar-refractivity contribution in [2.75, 3.05) is 38.2 Å². The molecule has 2 fully saturated rings. The quantitative estimate of drug-likeness (QED) is 0.864. The second-order valence-electron chi connectivity index (χ2n) is 7.36. The number of nitrogens with one attached hydrogen (secondary N) is 1. The molecule has 26 heavy (non-hydrogen) atoms. The van der Waals surface area contributed by atoms with E-state index in [1.165, 1.54) is 38.8 Å². The Morgan fingerprint density at radius 3 is 2.88 bits per heavy atom. The fourth-order valence-corrected chi connectivity index (χ4v) is 4.68. The van der Waals surface area contributed by atoms with Crippen LogP contribution in [0.4, 0.5) is 10.9 Å². The number of thiazole rings is 1. The highest BCUT2D eigenvalue weighted by Gasteiger charge is 2.27. The van der Waals surface area contributed by atoms with Crippen molar-refractivity contribution in [1.29, 1.82) is 0 Å². The van der Waals surface area contributed by atoms with Crippen LogP contribution < -0.4 is 5.32 Å². The largest absolute Gasteiger partial charge is 0.381 e. The van der Waals surface area contributed by atoms with Gasteiger partial charge in [-0.05, 0) is 45.1 Å². The minimum absolute atomic E-state index is 0.431. The molecule has 1 N–H and O–H groups in total. The lowest BCUT2D eigenvalue weighted by molar-refractivity contribution is 0.0482. The first-order chi connectivity index (χ1) is 12.8. The Balaban J connectivity index is 1.44. The van der Waals surface area contributed by atoms with Gasteiger partial charge in [-0.1, -0.05) is 0 Å². The fraction of sp³-hybridized carbons (Fsp3) is 0.632. The van der Waals surface area contributed by atoms with Crippen LogP contribution in [0.25, 0.3) is 0 Å². The van der Waals surface area contributed by atoms with Crippen molar-refractivity contribution in [2.24, 2.45) is 5.92 Å². The Bertz CT molecular complexity index is 715. The van der Waals surface area contributed by atoms with Crippen LogP contribution in [0.1, 0.15) is 43.0 Å². The molecule has 140 valence electrons. The molecular formula is C19H27N5OS. The standard InChI is InChI=1S/C19H27N5OS/c1-14-13-26-19(22-14)23-18-17(20-6-7-21-18)16-3-2-8-24(12-16)11-15-4-9-25-10-5-15/h6-7,13,15-16H,2-5,8-12H2,1H3,(H,21,22,23). The number of anilines is 2. The van der Waals surface area contributed by atoms with Crippen LogP contribution in [0.5, 0.6) is 0 Å². The smallest absolute Gasteiger partial charge is 0.188 e. The van der Waals surface area contributed by atoms with Gasteiger partial charge in [0, 0.05) is 50.0 Å². The van der Waals surface area contributed by atoms with Gasteiger partial charge in [0.25, 0.3) is 0 Å². The number of ether oxygens (including phenoxy) is 1. The van der Waals surface area contributed by atoms with Crippen LogP contribution >= 0.6 is 11.3 Å². The summed E-state index contributed by atoms with van der Waals surface area (Å²) in [5.41, 5.74) is 2.11. The fourth-order valence-electron chi connectivity index (χ4n) is 4.00. The van der Waals surface area contributed by atoms with Gasteiger partial charge in [-0.3, -0.25) is 4.98 Å². The van der Waals surface area contributed by atoms with Gasteiger partial charge < -0.3 is 15.0 Å². The number of hydrogen-bond donors (Lipinski definition) is 1. The molecule has 0 spiro atoms. The molecule has 2 aromatic rings. The molecule has 1 unspecified atom stereocenters. The Labute approximate surface area is 159 Å². The summed E-state index contributed by atoms with van der Waals surface area (Å²) in [6.45, 7) is 7.31. The highest BCUT2D eigenvalue weighted by molar-refractivity contribution is 7.13. The summed E-state index contributed by atoms with van der Waals surface area (Å²) in [5.74, 6) is 2.07. The highest BCUT2D eigenvalue weighted by Crippen LogP contribution is 2.32. The van der Waals surface area contributed by atoms with Crippen LogP contribution in [-0.2, 0) is 4.74 Å². The summed E-state index contributed by atoms with van der Waals surface area (Å²) < 4.78 is 5.50. The SMILES string of the molecule is Cc1csc(Nc2nccnc2C2CCCN(CC3CCOCC3)C2)n1. The van der Waals surface area contributed by atoms with E-state index in [2.05, 4.69) is 25.6 Å². The van der Waals surface area contributed by atoms with Crippen LogP contribution in [0, 0.1) is 12.8 Å². The first kappa shape index (κ1) is 17.8. The third-order valence-corrected chi connectivity index (χ3v) is 6.20. The van der Waals surface area contributed by atoms with E-state index in [0.29, 0.717) is 5.92 Å². The molecule has 0 bridgehead atoms. The number of nitrogens with zero attached hydrogens (tertiary/aromatic N) is 4. The summed E-state index contributed by atoms with van der Waals surface area (Å²) in [7, 11) is 0. The van der Waals surface area contributed by atoms with Gasteiger partial charge in [-0.15, -0.1) is 11.3 Å². The molecule has 2 saturated heterocycles. The van der Waals surface area contributed by atoms with E-state index in [0.717, 1.165) is 48.0 Å². The molecule has 0 aliphatic carbocycles. The van der Waals surface area contributed by atoms with Crippen LogP contribution in [-0.4, -0.2) is 52.7 Å². The van der Waals surface area contributed by atoms with Crippen molar-refractivity contribution in [1.82, 2.24) is 19.9 Å². The molecule has 0 saturated carbocycles. The zero-order valence-corrected chi connectivity index (χ0v) is 16.2. The van der Waals surface area contributed by atoms with Crippen molar-refractivity contribution in [3.05, 3.63) is 29.2 Å².